The molecule has 2 N–H and O–H groups in total. The SMILES string of the molecule is Cc1c(-c2ccc(O)cc2)sc2c(N/N=C/c3cccnc3)ncnc12. The highest BCUT2D eigenvalue weighted by Gasteiger charge is 2.15. The van der Waals surface area contributed by atoms with Crippen molar-refractivity contribution in [1.29, 1.82) is 0 Å². The van der Waals surface area contributed by atoms with Gasteiger partial charge in [0.15, 0.2) is 5.82 Å². The van der Waals surface area contributed by atoms with Crippen LogP contribution in [0.3, 0.4) is 0 Å². The molecule has 128 valence electrons. The Morgan fingerprint density at radius 1 is 1.15 bits per heavy atom. The number of hydrogen-bond donors (Lipinski definition) is 2. The van der Waals surface area contributed by atoms with Crippen molar-refractivity contribution in [3.8, 4) is 16.2 Å². The minimum atomic E-state index is 0.249. The third-order valence-corrected chi connectivity index (χ3v) is 5.24. The molecule has 0 saturated heterocycles. The van der Waals surface area contributed by atoms with Crippen molar-refractivity contribution in [3.63, 3.8) is 0 Å². The Hall–Kier alpha value is -3.32. The number of aromatic nitrogens is 3. The third-order valence-electron chi connectivity index (χ3n) is 3.90. The van der Waals surface area contributed by atoms with Crippen LogP contribution in [0.15, 0.2) is 60.2 Å². The van der Waals surface area contributed by atoms with Gasteiger partial charge in [-0.05, 0) is 48.4 Å². The zero-order valence-electron chi connectivity index (χ0n) is 13.9. The highest BCUT2D eigenvalue weighted by Crippen LogP contribution is 2.39. The number of nitrogens with one attached hydrogen (secondary N) is 1. The summed E-state index contributed by atoms with van der Waals surface area (Å²) in [6.07, 6.45) is 6.68. The highest BCUT2D eigenvalue weighted by atomic mass is 32.1. The number of fused-ring (bicyclic) bond motifs is 1. The molecule has 0 aliphatic heterocycles. The summed E-state index contributed by atoms with van der Waals surface area (Å²) in [5.74, 6) is 0.910. The number of thiophene rings is 1. The number of aryl methyl sites for hydroxylation is 1. The van der Waals surface area contributed by atoms with E-state index >= 15 is 0 Å². The number of pyridine rings is 1. The first-order chi connectivity index (χ1) is 12.7. The van der Waals surface area contributed by atoms with E-state index in [1.165, 1.54) is 6.33 Å². The molecule has 0 aliphatic rings. The number of phenols is 1. The lowest BCUT2D eigenvalue weighted by Gasteiger charge is -2.00. The third kappa shape index (κ3) is 3.12. The van der Waals surface area contributed by atoms with Crippen LogP contribution in [0.25, 0.3) is 20.7 Å². The first-order valence-electron chi connectivity index (χ1n) is 7.95. The molecule has 3 heterocycles. The molecule has 0 radical (unpaired) electrons. The van der Waals surface area contributed by atoms with E-state index in [0.717, 1.165) is 31.8 Å². The van der Waals surface area contributed by atoms with E-state index in [2.05, 4.69) is 25.5 Å². The highest BCUT2D eigenvalue weighted by molar-refractivity contribution is 7.23. The Morgan fingerprint density at radius 2 is 2.00 bits per heavy atom. The standard InChI is InChI=1S/C19H15N5OS/c1-12-16-18(26-17(12)14-4-6-15(25)7-5-14)19(22-11-21-16)24-23-10-13-3-2-8-20-9-13/h2-11,25H,1H3,(H,21,22,24)/b23-10+. The monoisotopic (exact) mass is 361 g/mol. The van der Waals surface area contributed by atoms with Crippen LogP contribution in [0.1, 0.15) is 11.1 Å². The minimum Gasteiger partial charge on any atom is -0.508 e. The summed E-state index contributed by atoms with van der Waals surface area (Å²) in [7, 11) is 0. The normalized spacial score (nSPS) is 11.3. The molecule has 0 atom stereocenters. The number of rotatable bonds is 4. The van der Waals surface area contributed by atoms with Gasteiger partial charge in [0.05, 0.1) is 16.4 Å². The maximum Gasteiger partial charge on any atom is 0.167 e. The molecule has 0 bridgehead atoms. The first kappa shape index (κ1) is 16.2. The molecule has 0 fully saturated rings. The zero-order chi connectivity index (χ0) is 17.9. The fourth-order valence-electron chi connectivity index (χ4n) is 2.61. The molecule has 6 nitrogen and oxygen atoms in total. The predicted molar refractivity (Wildman–Crippen MR) is 105 cm³/mol. The number of nitrogens with zero attached hydrogens (tertiary/aromatic N) is 4. The summed E-state index contributed by atoms with van der Waals surface area (Å²) < 4.78 is 0.941. The Kier molecular flexibility index (Phi) is 4.28. The number of hydrogen-bond acceptors (Lipinski definition) is 7. The lowest BCUT2D eigenvalue weighted by molar-refractivity contribution is 0.475. The second-order valence-corrected chi connectivity index (χ2v) is 6.68. The van der Waals surface area contributed by atoms with E-state index in [1.54, 1.807) is 42.1 Å². The summed E-state index contributed by atoms with van der Waals surface area (Å²) in [6.45, 7) is 2.04. The second-order valence-electron chi connectivity index (χ2n) is 5.66. The molecule has 4 rings (SSSR count). The smallest absolute Gasteiger partial charge is 0.167 e. The summed E-state index contributed by atoms with van der Waals surface area (Å²) in [6, 6.07) is 10.9. The molecule has 26 heavy (non-hydrogen) atoms. The van der Waals surface area contributed by atoms with E-state index in [4.69, 9.17) is 0 Å². The van der Waals surface area contributed by atoms with Crippen LogP contribution in [0.4, 0.5) is 5.82 Å². The lowest BCUT2D eigenvalue weighted by Crippen LogP contribution is -1.94. The van der Waals surface area contributed by atoms with E-state index < -0.39 is 0 Å². The average Bonchev–Trinajstić information content (AvgIpc) is 3.01. The van der Waals surface area contributed by atoms with Crippen molar-refractivity contribution in [2.75, 3.05) is 5.43 Å². The number of benzene rings is 1. The van der Waals surface area contributed by atoms with Crippen LogP contribution in [-0.2, 0) is 0 Å². The van der Waals surface area contributed by atoms with Gasteiger partial charge in [0, 0.05) is 22.8 Å². The largest absolute Gasteiger partial charge is 0.508 e. The predicted octanol–water partition coefficient (Wildman–Crippen LogP) is 4.21. The van der Waals surface area contributed by atoms with Crippen LogP contribution in [0.5, 0.6) is 5.75 Å². The zero-order valence-corrected chi connectivity index (χ0v) is 14.7. The van der Waals surface area contributed by atoms with Gasteiger partial charge < -0.3 is 5.11 Å². The van der Waals surface area contributed by atoms with Crippen molar-refractivity contribution in [3.05, 3.63) is 66.2 Å². The summed E-state index contributed by atoms with van der Waals surface area (Å²) in [5.41, 5.74) is 6.91. The van der Waals surface area contributed by atoms with Gasteiger partial charge in [-0.2, -0.15) is 5.10 Å². The summed E-state index contributed by atoms with van der Waals surface area (Å²) in [5, 5.41) is 13.8. The van der Waals surface area contributed by atoms with Crippen molar-refractivity contribution in [1.82, 2.24) is 15.0 Å². The fourth-order valence-corrected chi connectivity index (χ4v) is 3.82. The van der Waals surface area contributed by atoms with Gasteiger partial charge in [0.25, 0.3) is 0 Å². The minimum absolute atomic E-state index is 0.249. The maximum absolute atomic E-state index is 9.50. The van der Waals surface area contributed by atoms with Crippen molar-refractivity contribution in [2.24, 2.45) is 5.10 Å². The molecule has 7 heteroatoms. The molecule has 1 aromatic carbocycles. The van der Waals surface area contributed by atoms with Gasteiger partial charge in [0.2, 0.25) is 0 Å². The van der Waals surface area contributed by atoms with Gasteiger partial charge >= 0.3 is 0 Å². The van der Waals surface area contributed by atoms with Gasteiger partial charge in [-0.15, -0.1) is 11.3 Å². The first-order valence-corrected chi connectivity index (χ1v) is 8.76. The van der Waals surface area contributed by atoms with Crippen molar-refractivity contribution >= 4 is 33.6 Å². The van der Waals surface area contributed by atoms with E-state index in [9.17, 15) is 5.11 Å². The van der Waals surface area contributed by atoms with E-state index in [1.807, 2.05) is 31.2 Å². The number of phenolic OH excluding ortho intramolecular Hbond substituents is 1. The second kappa shape index (κ2) is 6.89. The lowest BCUT2D eigenvalue weighted by atomic mass is 10.1. The average molecular weight is 361 g/mol. The van der Waals surface area contributed by atoms with Crippen molar-refractivity contribution in [2.45, 2.75) is 6.92 Å². The molecule has 4 aromatic rings. The molecule has 0 spiro atoms. The summed E-state index contributed by atoms with van der Waals surface area (Å²) >= 11 is 1.60. The molecule has 3 aromatic heterocycles. The molecule has 0 amide bonds. The summed E-state index contributed by atoms with van der Waals surface area (Å²) in [4.78, 5) is 13.9. The molecule has 0 aliphatic carbocycles. The molecular formula is C19H15N5OS. The molecule has 0 unspecified atom stereocenters. The number of hydrazone groups is 1. The Bertz CT molecular complexity index is 1070. The van der Waals surface area contributed by atoms with Crippen LogP contribution in [0, 0.1) is 6.92 Å². The van der Waals surface area contributed by atoms with Gasteiger partial charge in [-0.1, -0.05) is 6.07 Å². The maximum atomic E-state index is 9.50. The van der Waals surface area contributed by atoms with Crippen LogP contribution in [-0.4, -0.2) is 26.3 Å². The van der Waals surface area contributed by atoms with E-state index in [-0.39, 0.29) is 5.75 Å². The Morgan fingerprint density at radius 3 is 2.77 bits per heavy atom. The van der Waals surface area contributed by atoms with Gasteiger partial charge in [0.1, 0.15) is 12.1 Å². The topological polar surface area (TPSA) is 83.3 Å². The number of aromatic hydroxyl groups is 1. The number of anilines is 1. The van der Waals surface area contributed by atoms with Gasteiger partial charge in [-0.3, -0.25) is 10.4 Å². The fraction of sp³-hybridized carbons (Fsp3) is 0.0526. The molecule has 0 saturated carbocycles. The van der Waals surface area contributed by atoms with Crippen LogP contribution >= 0.6 is 11.3 Å². The van der Waals surface area contributed by atoms with E-state index in [0.29, 0.717) is 5.82 Å². The Labute approximate surface area is 153 Å². The quantitative estimate of drug-likeness (QED) is 0.420. The van der Waals surface area contributed by atoms with Crippen LogP contribution in [0.2, 0.25) is 0 Å². The van der Waals surface area contributed by atoms with Crippen molar-refractivity contribution < 1.29 is 5.11 Å². The van der Waals surface area contributed by atoms with Gasteiger partial charge in [-0.25, -0.2) is 9.97 Å². The molecular weight excluding hydrogens is 346 g/mol. The Balaban J connectivity index is 1.69. The van der Waals surface area contributed by atoms with Crippen LogP contribution < -0.4 is 5.43 Å².